The Hall–Kier alpha value is -3.35. The highest BCUT2D eigenvalue weighted by atomic mass is 16.4. The van der Waals surface area contributed by atoms with E-state index in [0.29, 0.717) is 17.6 Å². The fourth-order valence-electron chi connectivity index (χ4n) is 4.17. The third kappa shape index (κ3) is 5.66. The first-order chi connectivity index (χ1) is 15.6. The number of para-hydroxylation sites is 2. The first-order valence-electron chi connectivity index (χ1n) is 11.3. The van der Waals surface area contributed by atoms with E-state index in [-0.39, 0.29) is 18.6 Å². The minimum absolute atomic E-state index is 0.0614. The Morgan fingerprint density at radius 3 is 2.72 bits per heavy atom. The number of Topliss-reactive ketones (excluding diaryl/α,β-unsaturated/α-hetero) is 1. The molecule has 0 fully saturated rings. The number of ketones is 1. The molecule has 0 amide bonds. The minimum atomic E-state index is -0.940. The van der Waals surface area contributed by atoms with Crippen molar-refractivity contribution in [2.75, 3.05) is 11.9 Å². The highest BCUT2D eigenvalue weighted by Gasteiger charge is 2.21. The summed E-state index contributed by atoms with van der Waals surface area (Å²) < 4.78 is 0. The average Bonchev–Trinajstić information content (AvgIpc) is 2.80. The van der Waals surface area contributed by atoms with E-state index in [1.54, 1.807) is 6.20 Å². The zero-order valence-corrected chi connectivity index (χ0v) is 18.1. The number of hydrogen-bond acceptors (Lipinski definition) is 6. The van der Waals surface area contributed by atoms with Gasteiger partial charge in [0, 0.05) is 37.2 Å². The minimum Gasteiger partial charge on any atom is -0.481 e. The molecule has 3 aromatic rings. The van der Waals surface area contributed by atoms with Crippen molar-refractivity contribution in [1.29, 1.82) is 0 Å². The van der Waals surface area contributed by atoms with Crippen molar-refractivity contribution in [3.63, 3.8) is 0 Å². The molecule has 7 nitrogen and oxygen atoms in total. The van der Waals surface area contributed by atoms with Crippen LogP contribution in [0.25, 0.3) is 11.0 Å². The monoisotopic (exact) mass is 432 g/mol. The van der Waals surface area contributed by atoms with Gasteiger partial charge in [0.25, 0.3) is 0 Å². The molecule has 1 aliphatic heterocycles. The number of benzene rings is 1. The molecule has 3 heterocycles. The average molecular weight is 433 g/mol. The maximum absolute atomic E-state index is 12.6. The first kappa shape index (κ1) is 21.9. The van der Waals surface area contributed by atoms with E-state index in [2.05, 4.69) is 27.4 Å². The van der Waals surface area contributed by atoms with Gasteiger partial charge in [-0.15, -0.1) is 0 Å². The second-order valence-corrected chi connectivity index (χ2v) is 8.37. The summed E-state index contributed by atoms with van der Waals surface area (Å²) in [4.78, 5) is 37.6. The molecule has 1 aromatic carbocycles. The summed E-state index contributed by atoms with van der Waals surface area (Å²) in [5.41, 5.74) is 4.34. The topological polar surface area (TPSA) is 105 Å². The van der Waals surface area contributed by atoms with Crippen molar-refractivity contribution in [3.8, 4) is 0 Å². The fourth-order valence-corrected chi connectivity index (χ4v) is 4.17. The van der Waals surface area contributed by atoms with Crippen LogP contribution in [0.4, 0.5) is 5.82 Å². The molecule has 0 saturated carbocycles. The number of aromatic nitrogens is 3. The summed E-state index contributed by atoms with van der Waals surface area (Å²) in [6.45, 7) is 0.969. The Morgan fingerprint density at radius 2 is 1.88 bits per heavy atom. The Balaban J connectivity index is 1.30. The number of pyridine rings is 1. The maximum Gasteiger partial charge on any atom is 0.304 e. The number of aryl methyl sites for hydroxylation is 2. The highest BCUT2D eigenvalue weighted by molar-refractivity contribution is 5.80. The Morgan fingerprint density at radius 1 is 1.03 bits per heavy atom. The number of carboxylic acids is 1. The number of nitrogens with one attached hydrogen (secondary N) is 1. The molecule has 7 heteroatoms. The second kappa shape index (κ2) is 10.3. The number of fused-ring (bicyclic) bond motifs is 2. The summed E-state index contributed by atoms with van der Waals surface area (Å²) in [6, 6.07) is 11.7. The predicted octanol–water partition coefficient (Wildman–Crippen LogP) is 4.31. The van der Waals surface area contributed by atoms with Gasteiger partial charge in [0.1, 0.15) is 11.6 Å². The SMILES string of the molecule is O=C(O)C[C@H](CC(=O)CCCCc1ccc2c(n1)NCCC2)c1cnc2ccccc2n1. The number of rotatable bonds is 10. The van der Waals surface area contributed by atoms with Crippen molar-refractivity contribution in [2.24, 2.45) is 0 Å². The molecule has 1 atom stereocenters. The standard InChI is InChI=1S/C25H28N4O3/c30-20(8-2-1-7-19-12-11-17-6-5-13-26-25(17)28-19)14-18(15-24(31)32)23-16-27-21-9-3-4-10-22(21)29-23/h3-4,9-12,16,18H,1-2,5-8,13-15H2,(H,26,28)(H,31,32)/t18-/m0/s1. The number of unbranched alkanes of at least 4 members (excludes halogenated alkanes) is 1. The van der Waals surface area contributed by atoms with Crippen molar-refractivity contribution in [3.05, 3.63) is 59.5 Å². The normalized spacial score (nSPS) is 13.9. The van der Waals surface area contributed by atoms with Crippen LogP contribution in [0.5, 0.6) is 0 Å². The van der Waals surface area contributed by atoms with Crippen LogP contribution in [0, 0.1) is 0 Å². The molecule has 0 unspecified atom stereocenters. The van der Waals surface area contributed by atoms with Gasteiger partial charge in [0.2, 0.25) is 0 Å². The van der Waals surface area contributed by atoms with Crippen LogP contribution in [0.1, 0.15) is 61.4 Å². The first-order valence-corrected chi connectivity index (χ1v) is 11.3. The molecular weight excluding hydrogens is 404 g/mol. The summed E-state index contributed by atoms with van der Waals surface area (Å²) >= 11 is 0. The molecule has 1 aliphatic rings. The lowest BCUT2D eigenvalue weighted by Gasteiger charge is -2.17. The summed E-state index contributed by atoms with van der Waals surface area (Å²) in [6.07, 6.45) is 6.74. The quantitative estimate of drug-likeness (QED) is 0.460. The van der Waals surface area contributed by atoms with Crippen molar-refractivity contribution in [1.82, 2.24) is 15.0 Å². The number of carboxylic acid groups (broad SMARTS) is 1. The highest BCUT2D eigenvalue weighted by Crippen LogP contribution is 2.25. The zero-order chi connectivity index (χ0) is 22.3. The Bertz CT molecular complexity index is 1120. The fraction of sp³-hybridized carbons (Fsp3) is 0.400. The molecule has 0 aliphatic carbocycles. The van der Waals surface area contributed by atoms with Crippen LogP contribution in [0.2, 0.25) is 0 Å². The third-order valence-corrected chi connectivity index (χ3v) is 5.87. The molecular formula is C25H28N4O3. The number of hydrogen-bond donors (Lipinski definition) is 2. The van der Waals surface area contributed by atoms with E-state index >= 15 is 0 Å². The third-order valence-electron chi connectivity index (χ3n) is 5.87. The number of aliphatic carboxylic acids is 1. The van der Waals surface area contributed by atoms with E-state index in [1.807, 2.05) is 24.3 Å². The Labute approximate surface area is 187 Å². The lowest BCUT2D eigenvalue weighted by molar-refractivity contribution is -0.137. The molecule has 0 spiro atoms. The van der Waals surface area contributed by atoms with Gasteiger partial charge >= 0.3 is 5.97 Å². The summed E-state index contributed by atoms with van der Waals surface area (Å²) in [5, 5.41) is 12.7. The lowest BCUT2D eigenvalue weighted by atomic mass is 9.93. The largest absolute Gasteiger partial charge is 0.481 e. The van der Waals surface area contributed by atoms with E-state index < -0.39 is 11.9 Å². The van der Waals surface area contributed by atoms with E-state index in [4.69, 9.17) is 4.98 Å². The van der Waals surface area contributed by atoms with Gasteiger partial charge in [-0.1, -0.05) is 18.2 Å². The van der Waals surface area contributed by atoms with Crippen molar-refractivity contribution >= 4 is 28.6 Å². The molecule has 2 aromatic heterocycles. The van der Waals surface area contributed by atoms with Gasteiger partial charge in [-0.25, -0.2) is 9.97 Å². The molecule has 4 rings (SSSR count). The number of carbonyl (C=O) groups excluding carboxylic acids is 1. The zero-order valence-electron chi connectivity index (χ0n) is 18.1. The van der Waals surface area contributed by atoms with Crippen LogP contribution in [0.15, 0.2) is 42.6 Å². The molecule has 2 N–H and O–H groups in total. The maximum atomic E-state index is 12.6. The lowest BCUT2D eigenvalue weighted by Crippen LogP contribution is -2.14. The number of anilines is 1. The predicted molar refractivity (Wildman–Crippen MR) is 123 cm³/mol. The smallest absolute Gasteiger partial charge is 0.304 e. The van der Waals surface area contributed by atoms with Gasteiger partial charge in [-0.2, -0.15) is 0 Å². The Kier molecular flexibility index (Phi) is 7.04. The van der Waals surface area contributed by atoms with Gasteiger partial charge < -0.3 is 10.4 Å². The molecule has 0 saturated heterocycles. The van der Waals surface area contributed by atoms with Crippen LogP contribution >= 0.6 is 0 Å². The number of nitrogens with zero attached hydrogens (tertiary/aromatic N) is 3. The van der Waals surface area contributed by atoms with Crippen molar-refractivity contribution < 1.29 is 14.7 Å². The van der Waals surface area contributed by atoms with Crippen molar-refractivity contribution in [2.45, 2.75) is 57.3 Å². The van der Waals surface area contributed by atoms with Crippen LogP contribution in [-0.2, 0) is 22.4 Å². The molecule has 0 radical (unpaired) electrons. The van der Waals surface area contributed by atoms with Crippen LogP contribution in [-0.4, -0.2) is 38.4 Å². The molecule has 32 heavy (non-hydrogen) atoms. The summed E-state index contributed by atoms with van der Waals surface area (Å²) in [5.74, 6) is -0.348. The van der Waals surface area contributed by atoms with Gasteiger partial charge in [-0.05, 0) is 55.9 Å². The van der Waals surface area contributed by atoms with Gasteiger partial charge in [0.05, 0.1) is 23.1 Å². The van der Waals surface area contributed by atoms with Crippen LogP contribution in [0.3, 0.4) is 0 Å². The van der Waals surface area contributed by atoms with Gasteiger partial charge in [-0.3, -0.25) is 14.6 Å². The molecule has 0 bridgehead atoms. The van der Waals surface area contributed by atoms with Gasteiger partial charge in [0.15, 0.2) is 0 Å². The van der Waals surface area contributed by atoms with Crippen LogP contribution < -0.4 is 5.32 Å². The molecule has 166 valence electrons. The van der Waals surface area contributed by atoms with E-state index in [0.717, 1.165) is 55.7 Å². The second-order valence-electron chi connectivity index (χ2n) is 8.37. The van der Waals surface area contributed by atoms with E-state index in [1.165, 1.54) is 5.56 Å². The van der Waals surface area contributed by atoms with E-state index in [9.17, 15) is 14.7 Å². The summed E-state index contributed by atoms with van der Waals surface area (Å²) in [7, 11) is 0. The number of carbonyl (C=O) groups is 2.